The van der Waals surface area contributed by atoms with E-state index in [1.807, 2.05) is 0 Å². The zero-order valence-electron chi connectivity index (χ0n) is 9.34. The molecule has 0 spiro atoms. The molecule has 1 amide bonds. The van der Waals surface area contributed by atoms with Crippen molar-refractivity contribution in [2.45, 2.75) is 0 Å². The van der Waals surface area contributed by atoms with Crippen molar-refractivity contribution in [3.63, 3.8) is 0 Å². The van der Waals surface area contributed by atoms with Gasteiger partial charge in [0.05, 0.1) is 10.2 Å². The Morgan fingerprint density at radius 3 is 2.68 bits per heavy atom. The first-order valence-corrected chi connectivity index (χ1v) is 5.91. The van der Waals surface area contributed by atoms with Crippen LogP contribution >= 0.6 is 15.9 Å². The summed E-state index contributed by atoms with van der Waals surface area (Å²) < 4.78 is 26.7. The molecular weight excluding hydrogens is 322 g/mol. The number of nitrogens with one attached hydrogen (secondary N) is 2. The summed E-state index contributed by atoms with van der Waals surface area (Å²) in [5, 5.41) is 2.14. The third-order valence-electron chi connectivity index (χ3n) is 2.33. The summed E-state index contributed by atoms with van der Waals surface area (Å²) in [7, 11) is 0. The fourth-order valence-corrected chi connectivity index (χ4v) is 1.72. The fraction of sp³-hybridized carbons (Fsp3) is 0. The van der Waals surface area contributed by atoms with Gasteiger partial charge in [-0.25, -0.2) is 8.78 Å². The van der Waals surface area contributed by atoms with Gasteiger partial charge >= 0.3 is 0 Å². The summed E-state index contributed by atoms with van der Waals surface area (Å²) >= 11 is 2.82. The topological polar surface area (TPSA) is 62.0 Å². The maximum absolute atomic E-state index is 13.5. The van der Waals surface area contributed by atoms with Gasteiger partial charge in [-0.15, -0.1) is 0 Å². The maximum Gasteiger partial charge on any atom is 0.261 e. The van der Waals surface area contributed by atoms with E-state index in [1.54, 1.807) is 0 Å². The van der Waals surface area contributed by atoms with Gasteiger partial charge in [-0.05, 0) is 22.0 Å². The third-order valence-corrected chi connectivity index (χ3v) is 2.93. The molecule has 0 radical (unpaired) electrons. The lowest BCUT2D eigenvalue weighted by Gasteiger charge is -2.07. The number of hydrogen-bond donors (Lipinski definition) is 2. The molecule has 0 aliphatic carbocycles. The normalized spacial score (nSPS) is 10.3. The van der Waals surface area contributed by atoms with Crippen molar-refractivity contribution in [1.29, 1.82) is 0 Å². The lowest BCUT2D eigenvalue weighted by molar-refractivity contribution is 0.102. The number of benzene rings is 1. The Bertz CT molecular complexity index is 700. The molecule has 98 valence electrons. The molecule has 0 fully saturated rings. The number of carbonyl (C=O) groups is 1. The van der Waals surface area contributed by atoms with E-state index in [9.17, 15) is 18.4 Å². The predicted molar refractivity (Wildman–Crippen MR) is 69.1 cm³/mol. The minimum Gasteiger partial charge on any atom is -0.367 e. The van der Waals surface area contributed by atoms with Crippen LogP contribution in [0.3, 0.4) is 0 Å². The summed E-state index contributed by atoms with van der Waals surface area (Å²) in [6.45, 7) is 0. The number of amides is 1. The molecule has 2 N–H and O–H groups in total. The second-order valence-electron chi connectivity index (χ2n) is 3.62. The molecular formula is C12H7BrF2N2O2. The van der Waals surface area contributed by atoms with Gasteiger partial charge in [0.15, 0.2) is 5.43 Å². The van der Waals surface area contributed by atoms with Crippen LogP contribution in [0.4, 0.5) is 14.5 Å². The SMILES string of the molecule is O=C(Nc1cc(F)c(Br)cc1F)c1c[nH]ccc1=O. The molecule has 0 unspecified atom stereocenters. The van der Waals surface area contributed by atoms with Gasteiger partial charge < -0.3 is 10.3 Å². The number of anilines is 1. The summed E-state index contributed by atoms with van der Waals surface area (Å²) in [4.78, 5) is 25.7. The number of aromatic nitrogens is 1. The van der Waals surface area contributed by atoms with Crippen molar-refractivity contribution in [3.8, 4) is 0 Å². The summed E-state index contributed by atoms with van der Waals surface area (Å²) in [6.07, 6.45) is 2.55. The fourth-order valence-electron chi connectivity index (χ4n) is 1.40. The zero-order chi connectivity index (χ0) is 14.0. The summed E-state index contributed by atoms with van der Waals surface area (Å²) in [6, 6.07) is 2.88. The highest BCUT2D eigenvalue weighted by Crippen LogP contribution is 2.23. The largest absolute Gasteiger partial charge is 0.367 e. The van der Waals surface area contributed by atoms with E-state index in [0.717, 1.165) is 18.2 Å². The van der Waals surface area contributed by atoms with Crippen LogP contribution in [0.1, 0.15) is 10.4 Å². The minimum atomic E-state index is -0.817. The van der Waals surface area contributed by atoms with Crippen LogP contribution in [0, 0.1) is 11.6 Å². The van der Waals surface area contributed by atoms with Crippen LogP contribution < -0.4 is 10.7 Å². The van der Waals surface area contributed by atoms with Gasteiger partial charge in [0, 0.05) is 24.5 Å². The van der Waals surface area contributed by atoms with E-state index < -0.39 is 23.0 Å². The van der Waals surface area contributed by atoms with Gasteiger partial charge in [0.2, 0.25) is 0 Å². The number of H-pyrrole nitrogens is 1. The minimum absolute atomic E-state index is 0.0550. The first kappa shape index (κ1) is 13.4. The number of rotatable bonds is 2. The molecule has 0 bridgehead atoms. The Morgan fingerprint density at radius 2 is 2.00 bits per heavy atom. The van der Waals surface area contributed by atoms with Gasteiger partial charge in [-0.1, -0.05) is 0 Å². The number of aromatic amines is 1. The molecule has 1 aromatic carbocycles. The molecule has 0 aliphatic rings. The number of hydrogen-bond acceptors (Lipinski definition) is 2. The smallest absolute Gasteiger partial charge is 0.261 e. The quantitative estimate of drug-likeness (QED) is 0.832. The molecule has 1 heterocycles. The van der Waals surface area contributed by atoms with E-state index in [2.05, 4.69) is 26.2 Å². The molecule has 2 rings (SSSR count). The van der Waals surface area contributed by atoms with Gasteiger partial charge in [0.25, 0.3) is 5.91 Å². The second-order valence-corrected chi connectivity index (χ2v) is 4.48. The van der Waals surface area contributed by atoms with Crippen molar-refractivity contribution in [2.75, 3.05) is 5.32 Å². The number of pyridine rings is 1. The first-order chi connectivity index (χ1) is 8.99. The lowest BCUT2D eigenvalue weighted by Crippen LogP contribution is -2.21. The van der Waals surface area contributed by atoms with E-state index >= 15 is 0 Å². The van der Waals surface area contributed by atoms with Crippen LogP contribution in [-0.4, -0.2) is 10.9 Å². The van der Waals surface area contributed by atoms with Crippen LogP contribution in [0.25, 0.3) is 0 Å². The molecule has 0 aliphatic heterocycles. The average molecular weight is 329 g/mol. The van der Waals surface area contributed by atoms with Crippen LogP contribution in [0.2, 0.25) is 0 Å². The molecule has 1 aromatic heterocycles. The second kappa shape index (κ2) is 5.31. The summed E-state index contributed by atoms with van der Waals surface area (Å²) in [5.74, 6) is -2.35. The highest BCUT2D eigenvalue weighted by Gasteiger charge is 2.14. The Kier molecular flexibility index (Phi) is 3.75. The van der Waals surface area contributed by atoms with Crippen molar-refractivity contribution in [3.05, 3.63) is 62.5 Å². The van der Waals surface area contributed by atoms with Gasteiger partial charge in [-0.2, -0.15) is 0 Å². The standard InChI is InChI=1S/C12H7BrF2N2O2/c13-7-3-9(15)10(4-8(7)14)17-12(19)6-5-16-2-1-11(6)18/h1-5H,(H,16,18)(H,17,19). The lowest BCUT2D eigenvalue weighted by atomic mass is 10.2. The molecule has 4 nitrogen and oxygen atoms in total. The monoisotopic (exact) mass is 328 g/mol. The van der Waals surface area contributed by atoms with E-state index in [4.69, 9.17) is 0 Å². The van der Waals surface area contributed by atoms with Crippen LogP contribution in [0.15, 0.2) is 39.9 Å². The van der Waals surface area contributed by atoms with Crippen molar-refractivity contribution in [2.24, 2.45) is 0 Å². The van der Waals surface area contributed by atoms with Crippen molar-refractivity contribution in [1.82, 2.24) is 4.98 Å². The van der Waals surface area contributed by atoms with Crippen LogP contribution in [0.5, 0.6) is 0 Å². The Hall–Kier alpha value is -2.02. The van der Waals surface area contributed by atoms with E-state index in [1.165, 1.54) is 12.4 Å². The average Bonchev–Trinajstić information content (AvgIpc) is 2.36. The Balaban J connectivity index is 2.32. The Morgan fingerprint density at radius 1 is 1.26 bits per heavy atom. The number of carbonyl (C=O) groups excluding carboxylic acids is 1. The zero-order valence-corrected chi connectivity index (χ0v) is 10.9. The Labute approximate surface area is 114 Å². The molecule has 7 heteroatoms. The number of halogens is 3. The first-order valence-electron chi connectivity index (χ1n) is 5.12. The molecule has 0 atom stereocenters. The highest BCUT2D eigenvalue weighted by atomic mass is 79.9. The summed E-state index contributed by atoms with van der Waals surface area (Å²) in [5.41, 5.74) is -1.05. The molecule has 0 saturated heterocycles. The molecule has 2 aromatic rings. The maximum atomic E-state index is 13.5. The third kappa shape index (κ3) is 2.87. The van der Waals surface area contributed by atoms with Crippen molar-refractivity contribution < 1.29 is 13.6 Å². The van der Waals surface area contributed by atoms with E-state index in [0.29, 0.717) is 0 Å². The highest BCUT2D eigenvalue weighted by molar-refractivity contribution is 9.10. The molecule has 0 saturated carbocycles. The van der Waals surface area contributed by atoms with Gasteiger partial charge in [0.1, 0.15) is 17.2 Å². The van der Waals surface area contributed by atoms with E-state index in [-0.39, 0.29) is 15.7 Å². The van der Waals surface area contributed by atoms with Crippen molar-refractivity contribution >= 4 is 27.5 Å². The molecule has 19 heavy (non-hydrogen) atoms. The predicted octanol–water partition coefficient (Wildman–Crippen LogP) is 2.67. The van der Waals surface area contributed by atoms with Crippen LogP contribution in [-0.2, 0) is 0 Å². The van der Waals surface area contributed by atoms with Gasteiger partial charge in [-0.3, -0.25) is 9.59 Å².